The van der Waals surface area contributed by atoms with Gasteiger partial charge in [-0.15, -0.1) is 0 Å². The van der Waals surface area contributed by atoms with Gasteiger partial charge in [-0.2, -0.15) is 0 Å². The van der Waals surface area contributed by atoms with Gasteiger partial charge in [0.1, 0.15) is 0 Å². The van der Waals surface area contributed by atoms with Crippen LogP contribution in [0.2, 0.25) is 0 Å². The van der Waals surface area contributed by atoms with Crippen LogP contribution in [0.1, 0.15) is 19.8 Å². The number of carbonyl (C=O) groups is 2. The van der Waals surface area contributed by atoms with Crippen LogP contribution in [0.3, 0.4) is 0 Å². The fraction of sp³-hybridized carbons (Fsp3) is 0.667. The van der Waals surface area contributed by atoms with Crippen molar-refractivity contribution in [3.63, 3.8) is 0 Å². The summed E-state index contributed by atoms with van der Waals surface area (Å²) in [6, 6.07) is 0. The van der Waals surface area contributed by atoms with Crippen molar-refractivity contribution in [3.05, 3.63) is 0 Å². The zero-order chi connectivity index (χ0) is 9.07. The van der Waals surface area contributed by atoms with Crippen LogP contribution in [0.5, 0.6) is 0 Å². The summed E-state index contributed by atoms with van der Waals surface area (Å²) in [4.78, 5) is 20.2. The second-order valence-corrected chi connectivity index (χ2v) is 2.69. The Balaban J connectivity index is 0. The molecule has 0 aromatic rings. The van der Waals surface area contributed by atoms with Crippen molar-refractivity contribution in [2.24, 2.45) is 5.73 Å². The number of primary amides is 1. The molecular formula is C6H14N2O4. The number of aliphatic carboxylic acids is 1. The van der Waals surface area contributed by atoms with Crippen molar-refractivity contribution in [2.45, 2.75) is 25.4 Å². The van der Waals surface area contributed by atoms with Crippen molar-refractivity contribution in [1.82, 2.24) is 6.15 Å². The predicted molar refractivity (Wildman–Crippen MR) is 40.0 cm³/mol. The van der Waals surface area contributed by atoms with Crippen molar-refractivity contribution >= 4 is 11.9 Å². The minimum absolute atomic E-state index is 0. The molecule has 0 aliphatic heterocycles. The van der Waals surface area contributed by atoms with Gasteiger partial charge in [-0.1, -0.05) is 0 Å². The SMILES string of the molecule is CC(O)(CC(N)=O)CC(=O)[O-].[NH4+]. The van der Waals surface area contributed by atoms with Gasteiger partial charge in [0.15, 0.2) is 0 Å². The highest BCUT2D eigenvalue weighted by Crippen LogP contribution is 2.12. The summed E-state index contributed by atoms with van der Waals surface area (Å²) in [6.45, 7) is 1.22. The van der Waals surface area contributed by atoms with Crippen LogP contribution < -0.4 is 17.0 Å². The number of hydrogen-bond acceptors (Lipinski definition) is 4. The first-order valence-corrected chi connectivity index (χ1v) is 3.04. The number of aliphatic hydroxyl groups is 1. The molecule has 0 rings (SSSR count). The van der Waals surface area contributed by atoms with E-state index in [-0.39, 0.29) is 12.6 Å². The summed E-state index contributed by atoms with van der Waals surface area (Å²) in [5, 5.41) is 19.1. The van der Waals surface area contributed by atoms with Crippen LogP contribution in [-0.2, 0) is 9.59 Å². The second-order valence-electron chi connectivity index (χ2n) is 2.69. The molecule has 0 heterocycles. The van der Waals surface area contributed by atoms with Gasteiger partial charge >= 0.3 is 0 Å². The summed E-state index contributed by atoms with van der Waals surface area (Å²) in [6.07, 6.45) is -0.961. The molecule has 0 saturated carbocycles. The van der Waals surface area contributed by atoms with Crippen LogP contribution in [0.15, 0.2) is 0 Å². The average molecular weight is 178 g/mol. The van der Waals surface area contributed by atoms with Crippen LogP contribution in [0.4, 0.5) is 0 Å². The molecule has 72 valence electrons. The topological polar surface area (TPSA) is 140 Å². The Labute approximate surface area is 70.0 Å². The summed E-state index contributed by atoms with van der Waals surface area (Å²) in [7, 11) is 0. The third-order valence-electron chi connectivity index (χ3n) is 1.08. The highest BCUT2D eigenvalue weighted by atomic mass is 16.4. The minimum atomic E-state index is -1.59. The maximum Gasteiger partial charge on any atom is 0.220 e. The Morgan fingerprint density at radius 1 is 1.50 bits per heavy atom. The predicted octanol–water partition coefficient (Wildman–Crippen LogP) is -1.87. The van der Waals surface area contributed by atoms with Crippen LogP contribution in [-0.4, -0.2) is 22.6 Å². The van der Waals surface area contributed by atoms with E-state index in [4.69, 9.17) is 10.8 Å². The molecule has 0 aliphatic rings. The highest BCUT2D eigenvalue weighted by molar-refractivity contribution is 5.76. The van der Waals surface area contributed by atoms with Gasteiger partial charge in [0, 0.05) is 12.4 Å². The largest absolute Gasteiger partial charge is 0.550 e. The van der Waals surface area contributed by atoms with E-state index in [9.17, 15) is 14.7 Å². The third kappa shape index (κ3) is 6.97. The van der Waals surface area contributed by atoms with Crippen LogP contribution >= 0.6 is 0 Å². The van der Waals surface area contributed by atoms with E-state index in [0.29, 0.717) is 0 Å². The van der Waals surface area contributed by atoms with Gasteiger partial charge in [0.05, 0.1) is 12.0 Å². The molecule has 0 aromatic carbocycles. The quantitative estimate of drug-likeness (QED) is 0.463. The number of quaternary nitrogens is 1. The first-order chi connectivity index (χ1) is 4.83. The van der Waals surface area contributed by atoms with E-state index >= 15 is 0 Å². The van der Waals surface area contributed by atoms with Gasteiger partial charge in [-0.3, -0.25) is 4.79 Å². The van der Waals surface area contributed by atoms with Gasteiger partial charge in [-0.05, 0) is 6.92 Å². The van der Waals surface area contributed by atoms with Gasteiger partial charge in [0.2, 0.25) is 5.91 Å². The molecule has 6 heteroatoms. The smallest absolute Gasteiger partial charge is 0.220 e. The summed E-state index contributed by atoms with van der Waals surface area (Å²) in [5.74, 6) is -2.15. The normalized spacial score (nSPS) is 14.2. The van der Waals surface area contributed by atoms with E-state index in [0.717, 1.165) is 0 Å². The van der Waals surface area contributed by atoms with Crippen LogP contribution in [0, 0.1) is 0 Å². The molecular weight excluding hydrogens is 164 g/mol. The lowest BCUT2D eigenvalue weighted by Crippen LogP contribution is -2.38. The van der Waals surface area contributed by atoms with E-state index < -0.39 is 23.9 Å². The first-order valence-electron chi connectivity index (χ1n) is 3.04. The van der Waals surface area contributed by atoms with Crippen molar-refractivity contribution in [3.8, 4) is 0 Å². The molecule has 0 radical (unpaired) electrons. The van der Waals surface area contributed by atoms with E-state index in [1.807, 2.05) is 0 Å². The van der Waals surface area contributed by atoms with Gasteiger partial charge in [-0.25, -0.2) is 0 Å². The molecule has 0 saturated heterocycles. The highest BCUT2D eigenvalue weighted by Gasteiger charge is 2.22. The van der Waals surface area contributed by atoms with Gasteiger partial charge in [0.25, 0.3) is 0 Å². The summed E-state index contributed by atoms with van der Waals surface area (Å²) in [5.41, 5.74) is 3.15. The molecule has 7 N–H and O–H groups in total. The first kappa shape index (κ1) is 13.4. The average Bonchev–Trinajstić information content (AvgIpc) is 1.53. The maximum absolute atomic E-state index is 10.2. The third-order valence-corrected chi connectivity index (χ3v) is 1.08. The zero-order valence-electron chi connectivity index (χ0n) is 7.16. The molecule has 1 unspecified atom stereocenters. The van der Waals surface area contributed by atoms with Crippen LogP contribution in [0.25, 0.3) is 0 Å². The monoisotopic (exact) mass is 178 g/mol. The lowest BCUT2D eigenvalue weighted by molar-refractivity contribution is -0.309. The summed E-state index contributed by atoms with van der Waals surface area (Å²) >= 11 is 0. The Kier molecular flexibility index (Phi) is 5.25. The molecule has 1 amide bonds. The number of rotatable bonds is 4. The number of carbonyl (C=O) groups excluding carboxylic acids is 2. The molecule has 12 heavy (non-hydrogen) atoms. The van der Waals surface area contributed by atoms with E-state index in [2.05, 4.69) is 0 Å². The second kappa shape index (κ2) is 4.68. The number of nitrogens with two attached hydrogens (primary N) is 1. The lowest BCUT2D eigenvalue weighted by atomic mass is 9.98. The molecule has 0 aromatic heterocycles. The standard InChI is InChI=1S/C6H11NO4.H3N/c1-6(11,2-4(7)8)3-5(9)10;/h11H,2-3H2,1H3,(H2,7,8)(H,9,10);1H3. The Bertz CT molecular complexity index is 160. The van der Waals surface area contributed by atoms with Crippen molar-refractivity contribution in [1.29, 1.82) is 0 Å². The lowest BCUT2D eigenvalue weighted by Gasteiger charge is -2.21. The Morgan fingerprint density at radius 3 is 2.17 bits per heavy atom. The molecule has 0 bridgehead atoms. The molecule has 6 nitrogen and oxygen atoms in total. The number of amides is 1. The zero-order valence-corrected chi connectivity index (χ0v) is 7.16. The molecule has 0 aliphatic carbocycles. The summed E-state index contributed by atoms with van der Waals surface area (Å²) < 4.78 is 0. The maximum atomic E-state index is 10.2. The number of carboxylic acid groups (broad SMARTS) is 1. The number of hydrogen-bond donors (Lipinski definition) is 3. The van der Waals surface area contributed by atoms with E-state index in [1.165, 1.54) is 6.92 Å². The molecule has 1 atom stereocenters. The van der Waals surface area contributed by atoms with Crippen molar-refractivity contribution in [2.75, 3.05) is 0 Å². The fourth-order valence-corrected chi connectivity index (χ4v) is 0.749. The molecule has 0 spiro atoms. The van der Waals surface area contributed by atoms with Crippen molar-refractivity contribution < 1.29 is 19.8 Å². The molecule has 0 fully saturated rings. The Morgan fingerprint density at radius 2 is 1.92 bits per heavy atom. The van der Waals surface area contributed by atoms with Gasteiger partial charge < -0.3 is 26.9 Å². The Hall–Kier alpha value is -1.14. The van der Waals surface area contributed by atoms with E-state index in [1.54, 1.807) is 0 Å². The number of carboxylic acids is 1. The minimum Gasteiger partial charge on any atom is -0.550 e. The fourth-order valence-electron chi connectivity index (χ4n) is 0.749.